The number of amides is 1. The highest BCUT2D eigenvalue weighted by atomic mass is 32.2. The highest BCUT2D eigenvalue weighted by Crippen LogP contribution is 2.22. The third-order valence-corrected chi connectivity index (χ3v) is 5.72. The van der Waals surface area contributed by atoms with Gasteiger partial charge < -0.3 is 9.30 Å². The van der Waals surface area contributed by atoms with Crippen molar-refractivity contribution in [1.29, 1.82) is 0 Å². The van der Waals surface area contributed by atoms with Gasteiger partial charge in [0.2, 0.25) is 0 Å². The van der Waals surface area contributed by atoms with Crippen LogP contribution in [0.1, 0.15) is 5.69 Å². The first-order valence-electron chi connectivity index (χ1n) is 9.79. The van der Waals surface area contributed by atoms with Gasteiger partial charge in [0.1, 0.15) is 5.75 Å². The van der Waals surface area contributed by atoms with Crippen molar-refractivity contribution in [1.82, 2.24) is 19.5 Å². The van der Waals surface area contributed by atoms with Crippen molar-refractivity contribution in [3.8, 4) is 11.4 Å². The second kappa shape index (κ2) is 9.52. The van der Waals surface area contributed by atoms with Crippen LogP contribution in [0.4, 0.5) is 0 Å². The van der Waals surface area contributed by atoms with Crippen LogP contribution in [0.15, 0.2) is 81.9 Å². The number of carbonyl (C=O) groups excluding carboxylic acids is 1. The first-order valence-corrected chi connectivity index (χ1v) is 10.8. The minimum Gasteiger partial charge on any atom is -0.497 e. The molecule has 4 aromatic rings. The zero-order chi connectivity index (χ0) is 22.5. The number of ether oxygens (including phenoxy) is 1. The van der Waals surface area contributed by atoms with E-state index in [0.29, 0.717) is 27.5 Å². The van der Waals surface area contributed by atoms with Crippen molar-refractivity contribution in [2.45, 2.75) is 5.16 Å². The van der Waals surface area contributed by atoms with Gasteiger partial charge >= 0.3 is 0 Å². The molecule has 0 aliphatic rings. The lowest BCUT2D eigenvalue weighted by molar-refractivity contribution is -0.118. The number of rotatable bonds is 7. The summed E-state index contributed by atoms with van der Waals surface area (Å²) in [4.78, 5) is 30.2. The smallest absolute Gasteiger partial charge is 0.266 e. The molecular weight excluding hydrogens is 426 g/mol. The van der Waals surface area contributed by atoms with Crippen molar-refractivity contribution in [2.75, 3.05) is 12.9 Å². The molecule has 0 atom stereocenters. The van der Waals surface area contributed by atoms with Crippen LogP contribution in [0.5, 0.6) is 5.75 Å². The Bertz CT molecular complexity index is 1340. The predicted octanol–water partition coefficient (Wildman–Crippen LogP) is 2.98. The van der Waals surface area contributed by atoms with Crippen molar-refractivity contribution < 1.29 is 9.53 Å². The Hall–Kier alpha value is -3.85. The molecular formula is C23H21N5O3S. The first-order chi connectivity index (χ1) is 15.6. The number of nitrogens with zero attached hydrogens (tertiary/aromatic N) is 4. The van der Waals surface area contributed by atoms with E-state index in [0.717, 1.165) is 5.69 Å². The number of benzene rings is 2. The molecule has 2 heterocycles. The molecule has 0 radical (unpaired) electrons. The standard InChI is InChI=1S/C23H21N5O3S/c1-27-13-5-6-17(27)14-24-26-21(29)15-32-23-25-20-8-4-3-7-19(20)22(30)28(23)16-9-11-18(31-2)12-10-16/h3-14H,15H2,1-2H3,(H,26,29)/b24-14-. The van der Waals surface area contributed by atoms with E-state index in [1.165, 1.54) is 16.3 Å². The molecule has 9 heteroatoms. The van der Waals surface area contributed by atoms with Crippen molar-refractivity contribution in [3.05, 3.63) is 82.9 Å². The van der Waals surface area contributed by atoms with E-state index in [4.69, 9.17) is 4.74 Å². The predicted molar refractivity (Wildman–Crippen MR) is 126 cm³/mol. The lowest BCUT2D eigenvalue weighted by atomic mass is 10.2. The maximum absolute atomic E-state index is 13.2. The van der Waals surface area contributed by atoms with Gasteiger partial charge in [0.05, 0.1) is 41.4 Å². The molecule has 0 unspecified atom stereocenters. The number of thioether (sulfide) groups is 1. The average molecular weight is 448 g/mol. The quantitative estimate of drug-likeness (QED) is 0.204. The number of aromatic nitrogens is 3. The highest BCUT2D eigenvalue weighted by Gasteiger charge is 2.15. The van der Waals surface area contributed by atoms with E-state index < -0.39 is 0 Å². The Morgan fingerprint density at radius 1 is 1.16 bits per heavy atom. The molecule has 32 heavy (non-hydrogen) atoms. The molecule has 0 saturated heterocycles. The van der Waals surface area contributed by atoms with Crippen LogP contribution >= 0.6 is 11.8 Å². The van der Waals surface area contributed by atoms with Crippen LogP contribution in [-0.4, -0.2) is 39.1 Å². The summed E-state index contributed by atoms with van der Waals surface area (Å²) in [5.41, 5.74) is 4.38. The number of aryl methyl sites for hydroxylation is 1. The Morgan fingerprint density at radius 3 is 2.66 bits per heavy atom. The Labute approximate surface area is 188 Å². The van der Waals surface area contributed by atoms with Crippen LogP contribution in [0.25, 0.3) is 16.6 Å². The number of methoxy groups -OCH3 is 1. The van der Waals surface area contributed by atoms with Gasteiger partial charge in [-0.15, -0.1) is 0 Å². The lowest BCUT2D eigenvalue weighted by Crippen LogP contribution is -2.24. The molecule has 0 spiro atoms. The zero-order valence-electron chi connectivity index (χ0n) is 17.6. The van der Waals surface area contributed by atoms with Crippen molar-refractivity contribution >= 4 is 34.8 Å². The van der Waals surface area contributed by atoms with Crippen molar-refractivity contribution in [2.24, 2.45) is 12.1 Å². The molecule has 162 valence electrons. The molecule has 1 amide bonds. The fourth-order valence-electron chi connectivity index (χ4n) is 3.11. The molecule has 2 aromatic carbocycles. The molecule has 0 aliphatic heterocycles. The second-order valence-electron chi connectivity index (χ2n) is 6.88. The van der Waals surface area contributed by atoms with E-state index in [9.17, 15) is 9.59 Å². The summed E-state index contributed by atoms with van der Waals surface area (Å²) in [7, 11) is 3.47. The number of hydrazone groups is 1. The molecule has 0 saturated carbocycles. The third kappa shape index (κ3) is 4.57. The number of para-hydroxylation sites is 1. The Balaban J connectivity index is 1.59. The van der Waals surface area contributed by atoms with Crippen LogP contribution in [0.2, 0.25) is 0 Å². The molecule has 2 aromatic heterocycles. The maximum Gasteiger partial charge on any atom is 0.266 e. The number of carbonyl (C=O) groups is 1. The fraction of sp³-hybridized carbons (Fsp3) is 0.130. The minimum absolute atomic E-state index is 0.0470. The monoisotopic (exact) mass is 447 g/mol. The van der Waals surface area contributed by atoms with Gasteiger partial charge in [-0.2, -0.15) is 5.10 Å². The van der Waals surface area contributed by atoms with Gasteiger partial charge in [-0.05, 0) is 48.5 Å². The fourth-order valence-corrected chi connectivity index (χ4v) is 3.91. The van der Waals surface area contributed by atoms with Crippen LogP contribution in [-0.2, 0) is 11.8 Å². The summed E-state index contributed by atoms with van der Waals surface area (Å²) in [6, 6.07) is 18.0. The summed E-state index contributed by atoms with van der Waals surface area (Å²) < 4.78 is 8.60. The second-order valence-corrected chi connectivity index (χ2v) is 7.82. The molecule has 0 bridgehead atoms. The summed E-state index contributed by atoms with van der Waals surface area (Å²) in [5.74, 6) is 0.426. The van der Waals surface area contributed by atoms with E-state index >= 15 is 0 Å². The van der Waals surface area contributed by atoms with Crippen LogP contribution in [0, 0.1) is 0 Å². The van der Waals surface area contributed by atoms with Crippen molar-refractivity contribution in [3.63, 3.8) is 0 Å². The lowest BCUT2D eigenvalue weighted by Gasteiger charge is -2.13. The zero-order valence-corrected chi connectivity index (χ0v) is 18.4. The Kier molecular flexibility index (Phi) is 6.37. The van der Waals surface area contributed by atoms with Gasteiger partial charge in [0.15, 0.2) is 5.16 Å². The van der Waals surface area contributed by atoms with Crippen LogP contribution in [0.3, 0.4) is 0 Å². The number of nitrogens with one attached hydrogen (secondary N) is 1. The van der Waals surface area contributed by atoms with Gasteiger partial charge in [0.25, 0.3) is 11.5 Å². The summed E-state index contributed by atoms with van der Waals surface area (Å²) in [6.45, 7) is 0. The molecule has 8 nitrogen and oxygen atoms in total. The maximum atomic E-state index is 13.2. The van der Waals surface area contributed by atoms with E-state index in [-0.39, 0.29) is 17.2 Å². The third-order valence-electron chi connectivity index (χ3n) is 4.78. The molecule has 1 N–H and O–H groups in total. The summed E-state index contributed by atoms with van der Waals surface area (Å²) in [5, 5.41) is 4.91. The molecule has 0 aliphatic carbocycles. The normalized spacial score (nSPS) is 11.2. The average Bonchev–Trinajstić information content (AvgIpc) is 3.22. The Morgan fingerprint density at radius 2 is 1.94 bits per heavy atom. The first kappa shape index (κ1) is 21.4. The van der Waals surface area contributed by atoms with Gasteiger partial charge in [-0.25, -0.2) is 10.4 Å². The van der Waals surface area contributed by atoms with Gasteiger partial charge in [-0.3, -0.25) is 14.2 Å². The van der Waals surface area contributed by atoms with E-state index in [2.05, 4.69) is 15.5 Å². The topological polar surface area (TPSA) is 90.5 Å². The van der Waals surface area contributed by atoms with E-state index in [1.807, 2.05) is 36.0 Å². The van der Waals surface area contributed by atoms with Gasteiger partial charge in [-0.1, -0.05) is 23.9 Å². The van der Waals surface area contributed by atoms with E-state index in [1.54, 1.807) is 55.8 Å². The molecule has 0 fully saturated rings. The number of hydrogen-bond acceptors (Lipinski definition) is 6. The number of fused-ring (bicyclic) bond motifs is 1. The minimum atomic E-state index is -0.302. The largest absolute Gasteiger partial charge is 0.497 e. The SMILES string of the molecule is COc1ccc(-n2c(SCC(=O)N/N=C\c3cccn3C)nc3ccccc3c2=O)cc1. The highest BCUT2D eigenvalue weighted by molar-refractivity contribution is 7.99. The van der Waals surface area contributed by atoms with Gasteiger partial charge in [0, 0.05) is 13.2 Å². The summed E-state index contributed by atoms with van der Waals surface area (Å²) >= 11 is 1.17. The molecule has 4 rings (SSSR count). The van der Waals surface area contributed by atoms with Crippen LogP contribution < -0.4 is 15.7 Å². The number of hydrogen-bond donors (Lipinski definition) is 1. The summed E-state index contributed by atoms with van der Waals surface area (Å²) in [6.07, 6.45) is 3.47.